The second kappa shape index (κ2) is 131. The lowest BCUT2D eigenvalue weighted by atomic mass is 11.7. The highest BCUT2D eigenvalue weighted by atomic mass is 32.1. The molecule has 5 nitrogen and oxygen atoms in total. The summed E-state index contributed by atoms with van der Waals surface area (Å²) < 4.78 is 0. The van der Waals surface area contributed by atoms with Gasteiger partial charge in [0.2, 0.25) is 6.08 Å². The number of isocyanates is 1. The van der Waals surface area contributed by atoms with Gasteiger partial charge in [0.15, 0.2) is 0 Å². The molecule has 0 aliphatic carbocycles. The maximum atomic E-state index is 8.35. The average Bonchev–Trinajstić information content (AvgIpc) is 1.75. The van der Waals surface area contributed by atoms with E-state index in [0.717, 1.165) is 6.08 Å². The third kappa shape index (κ3) is 106. The lowest BCUT2D eigenvalue weighted by Crippen LogP contribution is -2.02. The molecule has 0 aromatic carbocycles. The summed E-state index contributed by atoms with van der Waals surface area (Å²) in [7, 11) is 0. The summed E-state index contributed by atoms with van der Waals surface area (Å²) in [5.74, 6) is 8.00. The highest BCUT2D eigenvalue weighted by Gasteiger charge is 1.03. The minimum absolute atomic E-state index is 0.750. The van der Waals surface area contributed by atoms with Gasteiger partial charge < -0.3 is 0 Å². The molecule has 0 aliphatic rings. The summed E-state index contributed by atoms with van der Waals surface area (Å²) in [5, 5.41) is 12.8. The SMILES string of the molecule is N=C=O.N=C=S.NN. The zero-order valence-corrected chi connectivity index (χ0v) is 4.79. The van der Waals surface area contributed by atoms with E-state index in [1.165, 1.54) is 0 Å². The van der Waals surface area contributed by atoms with E-state index in [-0.39, 0.29) is 0 Å². The van der Waals surface area contributed by atoms with Gasteiger partial charge in [-0.15, -0.1) is 0 Å². The van der Waals surface area contributed by atoms with Gasteiger partial charge in [0.25, 0.3) is 0 Å². The zero-order valence-electron chi connectivity index (χ0n) is 3.97. The third-order valence-electron chi connectivity index (χ3n) is 0. The highest BCUT2D eigenvalue weighted by Crippen LogP contribution is 1.16. The van der Waals surface area contributed by atoms with Crippen LogP contribution in [-0.2, 0) is 4.79 Å². The minimum Gasteiger partial charge on any atom is -0.274 e. The first-order valence-electron chi connectivity index (χ1n) is 1.24. The van der Waals surface area contributed by atoms with Gasteiger partial charge in [-0.3, -0.25) is 11.7 Å². The molecule has 0 radical (unpaired) electrons. The number of nitrogens with two attached hydrogens (primary N) is 2. The lowest BCUT2D eigenvalue weighted by Gasteiger charge is -1.27. The van der Waals surface area contributed by atoms with Crippen LogP contribution in [0.2, 0.25) is 0 Å². The fourth-order valence-corrected chi connectivity index (χ4v) is 0. The zero-order chi connectivity index (χ0) is 7.41. The van der Waals surface area contributed by atoms with E-state index in [4.69, 9.17) is 15.6 Å². The summed E-state index contributed by atoms with van der Waals surface area (Å²) in [5.41, 5.74) is 0. The molecule has 0 atom stereocenters. The summed E-state index contributed by atoms with van der Waals surface area (Å²) >= 11 is 3.81. The van der Waals surface area contributed by atoms with Gasteiger partial charge in [0.05, 0.1) is 5.16 Å². The Balaban J connectivity index is -0.0000000483. The Morgan fingerprint density at radius 1 is 1.38 bits per heavy atom. The number of hydrogen-bond acceptors (Lipinski definition) is 6. The first-order valence-corrected chi connectivity index (χ1v) is 1.65. The van der Waals surface area contributed by atoms with Crippen molar-refractivity contribution in [3.8, 4) is 0 Å². The summed E-state index contributed by atoms with van der Waals surface area (Å²) in [4.78, 5) is 8.35. The molecule has 46 valence electrons. The Hall–Kier alpha value is -0.900. The number of rotatable bonds is 0. The molecule has 0 rings (SSSR count). The molecule has 0 amide bonds. The fourth-order valence-electron chi connectivity index (χ4n) is 0. The predicted molar refractivity (Wildman–Crippen MR) is 32.1 cm³/mol. The maximum absolute atomic E-state index is 8.35. The topological polar surface area (TPSA) is 117 Å². The molecular formula is C2H6N4OS. The number of carbonyl (C=O) groups excluding carboxylic acids is 1. The van der Waals surface area contributed by atoms with Crippen molar-refractivity contribution >= 4 is 23.5 Å². The maximum Gasteiger partial charge on any atom is 0.231 e. The van der Waals surface area contributed by atoms with Gasteiger partial charge in [-0.2, -0.15) is 0 Å². The van der Waals surface area contributed by atoms with E-state index in [2.05, 4.69) is 23.9 Å². The summed E-state index contributed by atoms with van der Waals surface area (Å²) in [6.45, 7) is 0. The largest absolute Gasteiger partial charge is 0.274 e. The predicted octanol–water partition coefficient (Wildman–Crippen LogP) is -0.612. The Morgan fingerprint density at radius 3 is 1.38 bits per heavy atom. The van der Waals surface area contributed by atoms with Gasteiger partial charge >= 0.3 is 0 Å². The number of isothiocyanates is 1. The van der Waals surface area contributed by atoms with Crippen molar-refractivity contribution in [1.29, 1.82) is 10.8 Å². The first kappa shape index (κ1) is 15.7. The molecule has 0 aliphatic heterocycles. The molecule has 6 heteroatoms. The Morgan fingerprint density at radius 2 is 1.38 bits per heavy atom. The molecule has 0 fully saturated rings. The van der Waals surface area contributed by atoms with E-state index in [1.807, 2.05) is 0 Å². The number of thiocarbonyl (C=S) groups is 1. The number of hydrazine groups is 1. The monoisotopic (exact) mass is 134 g/mol. The molecule has 0 saturated carbocycles. The van der Waals surface area contributed by atoms with Gasteiger partial charge in [0, 0.05) is 0 Å². The Bertz CT molecular complexity index is 68.0. The van der Waals surface area contributed by atoms with Crippen molar-refractivity contribution in [2.45, 2.75) is 0 Å². The van der Waals surface area contributed by atoms with Crippen LogP contribution in [0.25, 0.3) is 0 Å². The quantitative estimate of drug-likeness (QED) is 0.116. The van der Waals surface area contributed by atoms with Crippen LogP contribution in [0.3, 0.4) is 0 Å². The number of hydrogen-bond donors (Lipinski definition) is 4. The van der Waals surface area contributed by atoms with Crippen LogP contribution in [0.15, 0.2) is 0 Å². The smallest absolute Gasteiger partial charge is 0.231 e. The van der Waals surface area contributed by atoms with Gasteiger partial charge in [-0.05, 0) is 12.2 Å². The van der Waals surface area contributed by atoms with E-state index in [0.29, 0.717) is 0 Å². The minimum atomic E-state index is 0.750. The molecule has 0 aromatic heterocycles. The van der Waals surface area contributed by atoms with E-state index in [1.54, 1.807) is 5.16 Å². The lowest BCUT2D eigenvalue weighted by molar-refractivity contribution is 0.563. The van der Waals surface area contributed by atoms with E-state index in [9.17, 15) is 0 Å². The summed E-state index contributed by atoms with van der Waals surface area (Å²) in [6.07, 6.45) is 0.750. The molecule has 0 saturated heterocycles. The molecule has 8 heavy (non-hydrogen) atoms. The normalized spacial score (nSPS) is 2.75. The van der Waals surface area contributed by atoms with Gasteiger partial charge in [0.1, 0.15) is 0 Å². The van der Waals surface area contributed by atoms with Crippen LogP contribution in [0.5, 0.6) is 0 Å². The molecule has 0 heterocycles. The second-order valence-electron chi connectivity index (χ2n) is 0.204. The third-order valence-corrected chi connectivity index (χ3v) is 0. The van der Waals surface area contributed by atoms with Crippen LogP contribution in [0.4, 0.5) is 0 Å². The molecule has 0 bridgehead atoms. The van der Waals surface area contributed by atoms with Crippen LogP contribution < -0.4 is 11.7 Å². The highest BCUT2D eigenvalue weighted by molar-refractivity contribution is 7.78. The van der Waals surface area contributed by atoms with Crippen LogP contribution in [0.1, 0.15) is 0 Å². The van der Waals surface area contributed by atoms with Crippen molar-refractivity contribution in [2.24, 2.45) is 11.7 Å². The van der Waals surface area contributed by atoms with E-state index < -0.39 is 0 Å². The molecule has 0 aromatic rings. The second-order valence-corrected chi connectivity index (χ2v) is 0.408. The van der Waals surface area contributed by atoms with Crippen molar-refractivity contribution in [3.63, 3.8) is 0 Å². The molecular weight excluding hydrogens is 128 g/mol. The average molecular weight is 134 g/mol. The Labute approximate surface area is 51.7 Å². The van der Waals surface area contributed by atoms with Crippen LogP contribution >= 0.6 is 12.2 Å². The van der Waals surface area contributed by atoms with Crippen molar-refractivity contribution < 1.29 is 4.79 Å². The molecule has 0 unspecified atom stereocenters. The standard InChI is InChI=1S/CHNO.CHNS.H4N2/c2*2-1-3;1-2/h2*2H;1-2H2. The van der Waals surface area contributed by atoms with Crippen molar-refractivity contribution in [2.75, 3.05) is 0 Å². The summed E-state index contributed by atoms with van der Waals surface area (Å²) in [6, 6.07) is 0. The van der Waals surface area contributed by atoms with Crippen molar-refractivity contribution in [3.05, 3.63) is 0 Å². The molecule has 6 N–H and O–H groups in total. The van der Waals surface area contributed by atoms with E-state index >= 15 is 0 Å². The Kier molecular flexibility index (Phi) is 258. The number of nitrogens with one attached hydrogen (secondary N) is 2. The van der Waals surface area contributed by atoms with Gasteiger partial charge in [-0.1, -0.05) is 0 Å². The fraction of sp³-hybridized carbons (Fsp3) is 0. The van der Waals surface area contributed by atoms with Crippen LogP contribution in [0, 0.1) is 10.8 Å². The van der Waals surface area contributed by atoms with Crippen molar-refractivity contribution in [1.82, 2.24) is 0 Å². The van der Waals surface area contributed by atoms with Gasteiger partial charge in [-0.25, -0.2) is 15.6 Å². The van der Waals surface area contributed by atoms with Crippen LogP contribution in [-0.4, -0.2) is 11.2 Å². The molecule has 0 spiro atoms. The first-order chi connectivity index (χ1) is 3.83.